The molecule has 7 heteroatoms. The van der Waals surface area contributed by atoms with Crippen molar-refractivity contribution in [3.05, 3.63) is 23.8 Å². The van der Waals surface area contributed by atoms with Crippen molar-refractivity contribution in [1.82, 2.24) is 14.1 Å². The van der Waals surface area contributed by atoms with Gasteiger partial charge in [-0.3, -0.25) is 4.90 Å². The van der Waals surface area contributed by atoms with Gasteiger partial charge in [0.25, 0.3) is 0 Å². The van der Waals surface area contributed by atoms with E-state index in [-0.39, 0.29) is 0 Å². The Balaban J connectivity index is 1.73. The molecule has 2 aliphatic rings. The van der Waals surface area contributed by atoms with E-state index in [0.29, 0.717) is 24.0 Å². The molecule has 0 spiro atoms. The molecule has 0 N–H and O–H groups in total. The summed E-state index contributed by atoms with van der Waals surface area (Å²) in [4.78, 5) is 5.15. The number of piperazine rings is 1. The van der Waals surface area contributed by atoms with Gasteiger partial charge in [-0.25, -0.2) is 8.42 Å². The summed E-state index contributed by atoms with van der Waals surface area (Å²) in [6, 6.07) is 5.53. The molecule has 6 nitrogen and oxygen atoms in total. The summed E-state index contributed by atoms with van der Waals surface area (Å²) in [7, 11) is 0.314. The standard InChI is InChI=1S/C18H29N3O3S/c1-4-15-13-17(5-6-18(15)24-3)25(22,23)21-8-7-16(14-21)20-11-9-19(2)10-12-20/h5-6,13,16H,4,7-12,14H2,1-3H3. The van der Waals surface area contributed by atoms with E-state index in [9.17, 15) is 8.42 Å². The third-order valence-corrected chi connectivity index (χ3v) is 7.31. The van der Waals surface area contributed by atoms with Gasteiger partial charge in [0.05, 0.1) is 12.0 Å². The predicted molar refractivity (Wildman–Crippen MR) is 98.6 cm³/mol. The van der Waals surface area contributed by atoms with E-state index in [1.165, 1.54) is 0 Å². The summed E-state index contributed by atoms with van der Waals surface area (Å²) in [5.74, 6) is 0.748. The zero-order valence-electron chi connectivity index (χ0n) is 15.4. The zero-order chi connectivity index (χ0) is 18.0. The van der Waals surface area contributed by atoms with Crippen molar-refractivity contribution in [1.29, 1.82) is 0 Å². The lowest BCUT2D eigenvalue weighted by atomic mass is 10.1. The molecule has 0 radical (unpaired) electrons. The van der Waals surface area contributed by atoms with Gasteiger partial charge in [-0.2, -0.15) is 4.31 Å². The fourth-order valence-electron chi connectivity index (χ4n) is 3.75. The topological polar surface area (TPSA) is 53.1 Å². The number of hydrogen-bond donors (Lipinski definition) is 0. The second-order valence-electron chi connectivity index (χ2n) is 6.97. The summed E-state index contributed by atoms with van der Waals surface area (Å²) in [5, 5.41) is 0. The average molecular weight is 368 g/mol. The highest BCUT2D eigenvalue weighted by molar-refractivity contribution is 7.89. The van der Waals surface area contributed by atoms with Crippen molar-refractivity contribution < 1.29 is 13.2 Å². The highest BCUT2D eigenvalue weighted by Gasteiger charge is 2.36. The first kappa shape index (κ1) is 18.6. The van der Waals surface area contributed by atoms with Crippen LogP contribution >= 0.6 is 0 Å². The van der Waals surface area contributed by atoms with Crippen LogP contribution in [0.25, 0.3) is 0 Å². The number of nitrogens with zero attached hydrogens (tertiary/aromatic N) is 3. The van der Waals surface area contributed by atoms with Crippen LogP contribution in [0.1, 0.15) is 18.9 Å². The summed E-state index contributed by atoms with van der Waals surface area (Å²) < 4.78 is 33.0. The lowest BCUT2D eigenvalue weighted by Crippen LogP contribution is -2.49. The van der Waals surface area contributed by atoms with Crippen LogP contribution in [0.15, 0.2) is 23.1 Å². The summed E-state index contributed by atoms with van der Waals surface area (Å²) >= 11 is 0. The molecule has 0 bridgehead atoms. The van der Waals surface area contributed by atoms with Crippen molar-refractivity contribution in [2.45, 2.75) is 30.7 Å². The van der Waals surface area contributed by atoms with E-state index < -0.39 is 10.0 Å². The van der Waals surface area contributed by atoms with Crippen LogP contribution in [-0.4, -0.2) is 82.0 Å². The third kappa shape index (κ3) is 3.84. The van der Waals surface area contributed by atoms with Gasteiger partial charge in [0, 0.05) is 45.3 Å². The number of rotatable bonds is 5. The second kappa shape index (κ2) is 7.61. The molecule has 2 fully saturated rings. The molecule has 1 unspecified atom stereocenters. The molecule has 0 amide bonds. The lowest BCUT2D eigenvalue weighted by molar-refractivity contribution is 0.116. The maximum absolute atomic E-state index is 13.0. The molecule has 1 aromatic carbocycles. The van der Waals surface area contributed by atoms with Crippen LogP contribution < -0.4 is 4.74 Å². The smallest absolute Gasteiger partial charge is 0.243 e. The third-order valence-electron chi connectivity index (χ3n) is 5.45. The molecular weight excluding hydrogens is 338 g/mol. The molecule has 1 aromatic rings. The molecule has 0 saturated carbocycles. The first-order valence-electron chi connectivity index (χ1n) is 9.05. The minimum Gasteiger partial charge on any atom is -0.496 e. The first-order valence-corrected chi connectivity index (χ1v) is 10.5. The zero-order valence-corrected chi connectivity index (χ0v) is 16.3. The predicted octanol–water partition coefficient (Wildman–Crippen LogP) is 1.27. The molecule has 25 heavy (non-hydrogen) atoms. The van der Waals surface area contributed by atoms with E-state index in [4.69, 9.17) is 4.74 Å². The van der Waals surface area contributed by atoms with Gasteiger partial charge in [0.15, 0.2) is 0 Å². The van der Waals surface area contributed by atoms with E-state index in [2.05, 4.69) is 16.8 Å². The lowest BCUT2D eigenvalue weighted by Gasteiger charge is -2.36. The number of methoxy groups -OCH3 is 1. The van der Waals surface area contributed by atoms with Crippen LogP contribution in [0.4, 0.5) is 0 Å². The van der Waals surface area contributed by atoms with Gasteiger partial charge in [-0.1, -0.05) is 6.92 Å². The molecule has 3 rings (SSSR count). The molecule has 140 valence electrons. The maximum Gasteiger partial charge on any atom is 0.243 e. The van der Waals surface area contributed by atoms with Crippen molar-refractivity contribution in [3.8, 4) is 5.75 Å². The van der Waals surface area contributed by atoms with Crippen LogP contribution in [0, 0.1) is 0 Å². The Labute approximate surface area is 151 Å². The monoisotopic (exact) mass is 367 g/mol. The van der Waals surface area contributed by atoms with Gasteiger partial charge in [-0.05, 0) is 43.7 Å². The first-order chi connectivity index (χ1) is 12.0. The van der Waals surface area contributed by atoms with Crippen molar-refractivity contribution in [3.63, 3.8) is 0 Å². The minimum atomic E-state index is -3.44. The van der Waals surface area contributed by atoms with Gasteiger partial charge in [0.1, 0.15) is 5.75 Å². The van der Waals surface area contributed by atoms with Crippen LogP contribution in [-0.2, 0) is 16.4 Å². The molecule has 2 heterocycles. The Hall–Kier alpha value is -1.15. The molecule has 2 aliphatic heterocycles. The molecule has 0 aromatic heterocycles. The van der Waals surface area contributed by atoms with E-state index in [1.807, 2.05) is 6.92 Å². The second-order valence-corrected chi connectivity index (χ2v) is 8.91. The van der Waals surface area contributed by atoms with Crippen LogP contribution in [0.2, 0.25) is 0 Å². The maximum atomic E-state index is 13.0. The Morgan fingerprint density at radius 1 is 1.16 bits per heavy atom. The fraction of sp³-hybridized carbons (Fsp3) is 0.667. The number of aryl methyl sites for hydroxylation is 1. The number of ether oxygens (including phenoxy) is 1. The van der Waals surface area contributed by atoms with E-state index in [1.54, 1.807) is 29.6 Å². The number of hydrogen-bond acceptors (Lipinski definition) is 5. The Kier molecular flexibility index (Phi) is 5.68. The fourth-order valence-corrected chi connectivity index (χ4v) is 5.30. The quantitative estimate of drug-likeness (QED) is 0.784. The van der Waals surface area contributed by atoms with Gasteiger partial charge >= 0.3 is 0 Å². The van der Waals surface area contributed by atoms with Gasteiger partial charge < -0.3 is 9.64 Å². The molecule has 2 saturated heterocycles. The number of benzene rings is 1. The SMILES string of the molecule is CCc1cc(S(=O)(=O)N2CCC(N3CCN(C)CC3)C2)ccc1OC. The van der Waals surface area contributed by atoms with Crippen molar-refractivity contribution in [2.24, 2.45) is 0 Å². The van der Waals surface area contributed by atoms with Gasteiger partial charge in [-0.15, -0.1) is 0 Å². The summed E-state index contributed by atoms with van der Waals surface area (Å²) in [6.07, 6.45) is 1.66. The molecule has 0 aliphatic carbocycles. The normalized spacial score (nSPS) is 23.9. The summed E-state index contributed by atoms with van der Waals surface area (Å²) in [5.41, 5.74) is 0.929. The Morgan fingerprint density at radius 3 is 2.52 bits per heavy atom. The molecular formula is C18H29N3O3S. The van der Waals surface area contributed by atoms with Crippen molar-refractivity contribution in [2.75, 3.05) is 53.4 Å². The minimum absolute atomic E-state index is 0.340. The van der Waals surface area contributed by atoms with E-state index in [0.717, 1.165) is 50.3 Å². The average Bonchev–Trinajstić information content (AvgIpc) is 3.12. The highest BCUT2D eigenvalue weighted by atomic mass is 32.2. The molecule has 1 atom stereocenters. The Bertz CT molecular complexity index is 700. The van der Waals surface area contributed by atoms with E-state index >= 15 is 0 Å². The highest BCUT2D eigenvalue weighted by Crippen LogP contribution is 2.28. The van der Waals surface area contributed by atoms with Crippen LogP contribution in [0.3, 0.4) is 0 Å². The van der Waals surface area contributed by atoms with Gasteiger partial charge in [0.2, 0.25) is 10.0 Å². The number of likely N-dealkylation sites (N-methyl/N-ethyl adjacent to an activating group) is 1. The number of sulfonamides is 1. The van der Waals surface area contributed by atoms with Crippen LogP contribution in [0.5, 0.6) is 5.75 Å². The summed E-state index contributed by atoms with van der Waals surface area (Å²) in [6.45, 7) is 7.37. The van der Waals surface area contributed by atoms with Crippen molar-refractivity contribution >= 4 is 10.0 Å². The Morgan fingerprint density at radius 2 is 1.88 bits per heavy atom. The largest absolute Gasteiger partial charge is 0.496 e.